The zero-order valence-electron chi connectivity index (χ0n) is 14.6. The predicted octanol–water partition coefficient (Wildman–Crippen LogP) is 4.81. The molecule has 0 fully saturated rings. The van der Waals surface area contributed by atoms with Gasteiger partial charge in [0.15, 0.2) is 5.13 Å². The van der Waals surface area contributed by atoms with E-state index in [1.807, 2.05) is 55.5 Å². The van der Waals surface area contributed by atoms with E-state index in [9.17, 15) is 0 Å². The Balaban J connectivity index is 2.08. The Hall–Kier alpha value is -2.18. The molecule has 3 rings (SSSR count). The van der Waals surface area contributed by atoms with Gasteiger partial charge in [0.05, 0.1) is 16.3 Å². The third kappa shape index (κ3) is 4.08. The Kier molecular flexibility index (Phi) is 5.20. The summed E-state index contributed by atoms with van der Waals surface area (Å²) < 4.78 is 0. The third-order valence-electron chi connectivity index (χ3n) is 3.43. The highest BCUT2D eigenvalue weighted by Crippen LogP contribution is 2.33. The highest BCUT2D eigenvalue weighted by molar-refractivity contribution is 7.18. The molecule has 7 heteroatoms. The van der Waals surface area contributed by atoms with E-state index in [2.05, 4.69) is 34.1 Å². The van der Waals surface area contributed by atoms with Crippen LogP contribution in [0.5, 0.6) is 0 Å². The lowest BCUT2D eigenvalue weighted by Crippen LogP contribution is -2.13. The summed E-state index contributed by atoms with van der Waals surface area (Å²) in [5.74, 6) is 0.638. The van der Waals surface area contributed by atoms with E-state index in [0.717, 1.165) is 27.0 Å². The van der Waals surface area contributed by atoms with Crippen LogP contribution >= 0.6 is 22.9 Å². The summed E-state index contributed by atoms with van der Waals surface area (Å²) >= 11 is 7.94. The summed E-state index contributed by atoms with van der Waals surface area (Å²) in [4.78, 5) is 16.6. The number of halogens is 1. The van der Waals surface area contributed by atoms with Crippen LogP contribution < -0.4 is 10.2 Å². The number of hydrogen-bond acceptors (Lipinski definition) is 6. The van der Waals surface area contributed by atoms with Gasteiger partial charge in [-0.1, -0.05) is 41.1 Å². The second-order valence-electron chi connectivity index (χ2n) is 6.14. The highest BCUT2D eigenvalue weighted by Gasteiger charge is 2.14. The van der Waals surface area contributed by atoms with Gasteiger partial charge in [0.2, 0.25) is 5.95 Å². The van der Waals surface area contributed by atoms with Crippen LogP contribution in [0, 0.1) is 0 Å². The van der Waals surface area contributed by atoms with Crippen molar-refractivity contribution in [3.8, 4) is 21.8 Å². The van der Waals surface area contributed by atoms with Crippen LogP contribution in [0.15, 0.2) is 36.5 Å². The first-order valence-corrected chi connectivity index (χ1v) is 9.17. The van der Waals surface area contributed by atoms with Crippen LogP contribution in [-0.4, -0.2) is 35.1 Å². The van der Waals surface area contributed by atoms with Crippen molar-refractivity contribution in [1.29, 1.82) is 0 Å². The number of thiazole rings is 1. The Morgan fingerprint density at radius 2 is 1.84 bits per heavy atom. The van der Waals surface area contributed by atoms with Crippen molar-refractivity contribution >= 4 is 34.0 Å². The van der Waals surface area contributed by atoms with E-state index in [1.165, 1.54) is 0 Å². The zero-order valence-corrected chi connectivity index (χ0v) is 16.2. The predicted molar refractivity (Wildman–Crippen MR) is 107 cm³/mol. The van der Waals surface area contributed by atoms with Gasteiger partial charge in [-0.15, -0.1) is 0 Å². The lowest BCUT2D eigenvalue weighted by molar-refractivity contribution is 0.896. The molecule has 0 spiro atoms. The molecule has 5 nitrogen and oxygen atoms in total. The van der Waals surface area contributed by atoms with Crippen molar-refractivity contribution in [3.05, 3.63) is 41.6 Å². The maximum Gasteiger partial charge on any atom is 0.225 e. The van der Waals surface area contributed by atoms with Gasteiger partial charge >= 0.3 is 0 Å². The Bertz CT molecular complexity index is 875. The summed E-state index contributed by atoms with van der Waals surface area (Å²) in [6.45, 7) is 4.18. The van der Waals surface area contributed by atoms with Crippen molar-refractivity contribution in [2.45, 2.75) is 19.9 Å². The number of anilines is 2. The Labute approximate surface area is 156 Å². The molecule has 1 N–H and O–H groups in total. The maximum absolute atomic E-state index is 6.36. The van der Waals surface area contributed by atoms with Crippen LogP contribution in [-0.2, 0) is 0 Å². The summed E-state index contributed by atoms with van der Waals surface area (Å²) in [5.41, 5.74) is 2.52. The Morgan fingerprint density at radius 3 is 2.52 bits per heavy atom. The molecular formula is C18H20ClN5S. The first kappa shape index (κ1) is 17.6. The normalized spacial score (nSPS) is 11.0. The Morgan fingerprint density at radius 1 is 1.12 bits per heavy atom. The minimum absolute atomic E-state index is 0.334. The minimum Gasteiger partial charge on any atom is -0.359 e. The fourth-order valence-electron chi connectivity index (χ4n) is 2.27. The summed E-state index contributed by atoms with van der Waals surface area (Å²) in [6.07, 6.45) is 1.84. The van der Waals surface area contributed by atoms with Gasteiger partial charge in [-0.25, -0.2) is 15.0 Å². The number of aromatic nitrogens is 3. The molecule has 0 aliphatic heterocycles. The average molecular weight is 374 g/mol. The summed E-state index contributed by atoms with van der Waals surface area (Å²) in [7, 11) is 3.85. The minimum atomic E-state index is 0.334. The van der Waals surface area contributed by atoms with Gasteiger partial charge in [-0.2, -0.15) is 0 Å². The molecule has 25 heavy (non-hydrogen) atoms. The number of benzene rings is 1. The molecule has 2 aromatic heterocycles. The monoisotopic (exact) mass is 373 g/mol. The molecule has 3 aromatic rings. The number of nitrogens with one attached hydrogen (secondary N) is 1. The molecule has 0 radical (unpaired) electrons. The quantitative estimate of drug-likeness (QED) is 0.695. The van der Waals surface area contributed by atoms with Gasteiger partial charge < -0.3 is 10.2 Å². The van der Waals surface area contributed by atoms with Crippen LogP contribution in [0.1, 0.15) is 13.8 Å². The van der Waals surface area contributed by atoms with E-state index in [4.69, 9.17) is 11.6 Å². The van der Waals surface area contributed by atoms with E-state index in [-0.39, 0.29) is 0 Å². The fraction of sp³-hybridized carbons (Fsp3) is 0.278. The van der Waals surface area contributed by atoms with Gasteiger partial charge in [-0.05, 0) is 26.0 Å². The molecule has 0 saturated carbocycles. The van der Waals surface area contributed by atoms with Gasteiger partial charge in [0.25, 0.3) is 0 Å². The highest BCUT2D eigenvalue weighted by atomic mass is 35.5. The fourth-order valence-corrected chi connectivity index (χ4v) is 3.43. The summed E-state index contributed by atoms with van der Waals surface area (Å²) in [5, 5.41) is 4.87. The van der Waals surface area contributed by atoms with Crippen LogP contribution in [0.25, 0.3) is 21.8 Å². The summed E-state index contributed by atoms with van der Waals surface area (Å²) in [6, 6.07) is 9.99. The van der Waals surface area contributed by atoms with E-state index < -0.39 is 0 Å². The van der Waals surface area contributed by atoms with Crippen molar-refractivity contribution < 1.29 is 0 Å². The van der Waals surface area contributed by atoms with Crippen molar-refractivity contribution in [2.24, 2.45) is 0 Å². The largest absolute Gasteiger partial charge is 0.359 e. The van der Waals surface area contributed by atoms with Crippen molar-refractivity contribution in [1.82, 2.24) is 15.0 Å². The number of rotatable bonds is 5. The standard InChI is InChI=1S/C18H20ClN5S/c1-11(2)21-18-20-10-16(25-18)15-9-14(22-17(23-15)24(3)4)12-7-5-6-8-13(12)19/h5-11H,1-4H3,(H,20,21). The van der Waals surface area contributed by atoms with Gasteiger partial charge in [0, 0.05) is 36.9 Å². The molecule has 0 aliphatic carbocycles. The van der Waals surface area contributed by atoms with Crippen molar-refractivity contribution in [2.75, 3.05) is 24.3 Å². The maximum atomic E-state index is 6.36. The molecule has 1 aromatic carbocycles. The topological polar surface area (TPSA) is 53.9 Å². The molecule has 0 aliphatic rings. The zero-order chi connectivity index (χ0) is 18.0. The van der Waals surface area contributed by atoms with Gasteiger partial charge in [0.1, 0.15) is 0 Å². The molecule has 0 amide bonds. The third-order valence-corrected chi connectivity index (χ3v) is 4.72. The number of nitrogens with zero attached hydrogens (tertiary/aromatic N) is 4. The van der Waals surface area contributed by atoms with Crippen LogP contribution in [0.2, 0.25) is 5.02 Å². The van der Waals surface area contributed by atoms with Crippen LogP contribution in [0.3, 0.4) is 0 Å². The molecule has 0 unspecified atom stereocenters. The average Bonchev–Trinajstić information content (AvgIpc) is 3.02. The second-order valence-corrected chi connectivity index (χ2v) is 7.58. The second kappa shape index (κ2) is 7.37. The van der Waals surface area contributed by atoms with E-state index >= 15 is 0 Å². The first-order valence-electron chi connectivity index (χ1n) is 7.98. The molecule has 0 saturated heterocycles. The molecule has 2 heterocycles. The molecule has 0 atom stereocenters. The van der Waals surface area contributed by atoms with E-state index in [1.54, 1.807) is 11.3 Å². The molecule has 0 bridgehead atoms. The SMILES string of the molecule is CC(C)Nc1ncc(-c2cc(-c3ccccc3Cl)nc(N(C)C)n2)s1. The van der Waals surface area contributed by atoms with E-state index in [0.29, 0.717) is 17.0 Å². The van der Waals surface area contributed by atoms with Crippen LogP contribution in [0.4, 0.5) is 11.1 Å². The molecule has 130 valence electrons. The molecular weight excluding hydrogens is 354 g/mol. The lowest BCUT2D eigenvalue weighted by atomic mass is 10.1. The van der Waals surface area contributed by atoms with Gasteiger partial charge in [-0.3, -0.25) is 0 Å². The smallest absolute Gasteiger partial charge is 0.225 e. The first-order chi connectivity index (χ1) is 11.9. The van der Waals surface area contributed by atoms with Crippen molar-refractivity contribution in [3.63, 3.8) is 0 Å². The lowest BCUT2D eigenvalue weighted by Gasteiger charge is -2.13. The number of hydrogen-bond donors (Lipinski definition) is 1.